The molecule has 0 spiro atoms. The summed E-state index contributed by atoms with van der Waals surface area (Å²) in [5.41, 5.74) is 4.05. The minimum atomic E-state index is -0.126. The lowest BCUT2D eigenvalue weighted by Gasteiger charge is -2.12. The van der Waals surface area contributed by atoms with Crippen molar-refractivity contribution in [1.29, 1.82) is 0 Å². The smallest absolute Gasteiger partial charge is 0.234 e. The number of hydrogen-bond donors (Lipinski definition) is 2. The zero-order valence-electron chi connectivity index (χ0n) is 17.0. The number of hydrogen-bond acceptors (Lipinski definition) is 7. The summed E-state index contributed by atoms with van der Waals surface area (Å²) in [6.45, 7) is 2.54. The Morgan fingerprint density at radius 2 is 1.97 bits per heavy atom. The first-order valence-corrected chi connectivity index (χ1v) is 10.5. The van der Waals surface area contributed by atoms with E-state index in [1.165, 1.54) is 11.8 Å². The Kier molecular flexibility index (Phi) is 5.71. The number of carbonyl (C=O) groups excluding carboxylic acids is 1. The quantitative estimate of drug-likeness (QED) is 0.438. The molecule has 8 nitrogen and oxygen atoms in total. The van der Waals surface area contributed by atoms with Gasteiger partial charge in [0.15, 0.2) is 5.65 Å². The van der Waals surface area contributed by atoms with Crippen LogP contribution in [0.15, 0.2) is 47.6 Å². The van der Waals surface area contributed by atoms with Crippen molar-refractivity contribution >= 4 is 51.1 Å². The Balaban J connectivity index is 1.43. The molecule has 0 saturated carbocycles. The summed E-state index contributed by atoms with van der Waals surface area (Å²) in [5.74, 6) is 0.845. The van der Waals surface area contributed by atoms with Crippen LogP contribution in [0.1, 0.15) is 6.92 Å². The van der Waals surface area contributed by atoms with Crippen LogP contribution in [0.3, 0.4) is 0 Å². The molecule has 0 fully saturated rings. The minimum absolute atomic E-state index is 0.126. The summed E-state index contributed by atoms with van der Waals surface area (Å²) in [5, 5.41) is 12.7. The van der Waals surface area contributed by atoms with Crippen molar-refractivity contribution in [3.05, 3.63) is 42.5 Å². The summed E-state index contributed by atoms with van der Waals surface area (Å²) in [6, 6.07) is 13.4. The number of amides is 1. The fourth-order valence-electron chi connectivity index (χ4n) is 3.02. The van der Waals surface area contributed by atoms with Gasteiger partial charge in [0.2, 0.25) is 11.1 Å². The van der Waals surface area contributed by atoms with Crippen molar-refractivity contribution in [2.24, 2.45) is 0 Å². The zero-order chi connectivity index (χ0) is 21.1. The molecule has 9 heteroatoms. The highest BCUT2D eigenvalue weighted by molar-refractivity contribution is 7.99. The van der Waals surface area contributed by atoms with Crippen LogP contribution in [0.5, 0.6) is 5.75 Å². The summed E-state index contributed by atoms with van der Waals surface area (Å²) >= 11 is 1.24. The Hall–Kier alpha value is -3.33. The first kappa shape index (κ1) is 20.0. The van der Waals surface area contributed by atoms with Crippen molar-refractivity contribution in [1.82, 2.24) is 20.2 Å². The number of fused-ring (bicyclic) bond motifs is 3. The monoisotopic (exact) mass is 422 g/mol. The Morgan fingerprint density at radius 1 is 1.17 bits per heavy atom. The number of nitrogens with zero attached hydrogens (tertiary/aromatic N) is 4. The van der Waals surface area contributed by atoms with E-state index in [2.05, 4.69) is 25.5 Å². The number of ether oxygens (including phenoxy) is 1. The van der Waals surface area contributed by atoms with Gasteiger partial charge in [-0.1, -0.05) is 11.8 Å². The van der Waals surface area contributed by atoms with Crippen LogP contribution in [-0.2, 0) is 4.79 Å². The van der Waals surface area contributed by atoms with Gasteiger partial charge in [-0.25, -0.2) is 4.98 Å². The number of H-pyrrole nitrogens is 1. The van der Waals surface area contributed by atoms with E-state index < -0.39 is 0 Å². The molecule has 2 N–H and O–H groups in total. The van der Waals surface area contributed by atoms with Gasteiger partial charge in [-0.15, -0.1) is 10.2 Å². The van der Waals surface area contributed by atoms with Gasteiger partial charge in [0.05, 0.1) is 12.4 Å². The first-order valence-electron chi connectivity index (χ1n) is 9.52. The predicted molar refractivity (Wildman–Crippen MR) is 120 cm³/mol. The van der Waals surface area contributed by atoms with Gasteiger partial charge < -0.3 is 19.9 Å². The van der Waals surface area contributed by atoms with Crippen LogP contribution in [0.25, 0.3) is 22.1 Å². The number of rotatable bonds is 7. The number of carbonyl (C=O) groups is 1. The average molecular weight is 423 g/mol. The lowest BCUT2D eigenvalue weighted by molar-refractivity contribution is -0.113. The second kappa shape index (κ2) is 8.58. The molecular formula is C21H22N6O2S. The molecular weight excluding hydrogens is 400 g/mol. The molecule has 4 rings (SSSR count). The lowest BCUT2D eigenvalue weighted by atomic mass is 10.2. The van der Waals surface area contributed by atoms with E-state index in [9.17, 15) is 4.79 Å². The number of anilines is 2. The number of aromatic amines is 1. The van der Waals surface area contributed by atoms with E-state index in [0.29, 0.717) is 22.9 Å². The number of nitrogens with one attached hydrogen (secondary N) is 2. The van der Waals surface area contributed by atoms with E-state index in [4.69, 9.17) is 4.74 Å². The third-order valence-corrected chi connectivity index (χ3v) is 5.32. The fourth-order valence-corrected chi connectivity index (χ4v) is 3.61. The van der Waals surface area contributed by atoms with E-state index in [1.807, 2.05) is 68.4 Å². The van der Waals surface area contributed by atoms with Crippen molar-refractivity contribution in [2.45, 2.75) is 12.1 Å². The normalized spacial score (nSPS) is 11.0. The van der Waals surface area contributed by atoms with Crippen LogP contribution in [0, 0.1) is 0 Å². The van der Waals surface area contributed by atoms with Gasteiger partial charge in [0, 0.05) is 36.4 Å². The maximum Gasteiger partial charge on any atom is 0.234 e. The van der Waals surface area contributed by atoms with E-state index in [0.717, 1.165) is 28.0 Å². The zero-order valence-corrected chi connectivity index (χ0v) is 17.8. The summed E-state index contributed by atoms with van der Waals surface area (Å²) in [4.78, 5) is 22.0. The van der Waals surface area contributed by atoms with E-state index >= 15 is 0 Å². The maximum absolute atomic E-state index is 12.3. The molecule has 2 aromatic carbocycles. The molecule has 0 atom stereocenters. The predicted octanol–water partition coefficient (Wildman–Crippen LogP) is 3.70. The number of thioether (sulfide) groups is 1. The SMILES string of the molecule is CCOc1ccc2[nH]c3nc(SCC(=O)Nc4ccc(N(C)C)cc4)nnc3c2c1. The van der Waals surface area contributed by atoms with Gasteiger partial charge >= 0.3 is 0 Å². The molecule has 2 heterocycles. The van der Waals surface area contributed by atoms with Crippen LogP contribution < -0.4 is 15.0 Å². The molecule has 1 amide bonds. The molecule has 0 radical (unpaired) electrons. The van der Waals surface area contributed by atoms with Gasteiger partial charge in [-0.3, -0.25) is 4.79 Å². The van der Waals surface area contributed by atoms with Gasteiger partial charge in [-0.2, -0.15) is 0 Å². The highest BCUT2D eigenvalue weighted by Gasteiger charge is 2.12. The van der Waals surface area contributed by atoms with Crippen LogP contribution in [-0.4, -0.2) is 52.5 Å². The third-order valence-electron chi connectivity index (χ3n) is 4.48. The Morgan fingerprint density at radius 3 is 2.70 bits per heavy atom. The van der Waals surface area contributed by atoms with Gasteiger partial charge in [-0.05, 0) is 49.4 Å². The summed E-state index contributed by atoms with van der Waals surface area (Å²) < 4.78 is 5.55. The average Bonchev–Trinajstić information content (AvgIpc) is 3.10. The van der Waals surface area contributed by atoms with Crippen molar-refractivity contribution < 1.29 is 9.53 Å². The molecule has 0 unspecified atom stereocenters. The number of aromatic nitrogens is 4. The molecule has 0 aliphatic rings. The molecule has 0 saturated heterocycles. The molecule has 30 heavy (non-hydrogen) atoms. The van der Waals surface area contributed by atoms with Crippen molar-refractivity contribution in [2.75, 3.05) is 36.7 Å². The van der Waals surface area contributed by atoms with E-state index in [-0.39, 0.29) is 11.7 Å². The highest BCUT2D eigenvalue weighted by Crippen LogP contribution is 2.27. The topological polar surface area (TPSA) is 96.0 Å². The molecule has 0 aliphatic carbocycles. The Bertz CT molecular complexity index is 1190. The molecule has 154 valence electrons. The van der Waals surface area contributed by atoms with Crippen LogP contribution >= 0.6 is 11.8 Å². The highest BCUT2D eigenvalue weighted by atomic mass is 32.2. The maximum atomic E-state index is 12.3. The van der Waals surface area contributed by atoms with Crippen molar-refractivity contribution in [3.63, 3.8) is 0 Å². The molecule has 2 aromatic heterocycles. The lowest BCUT2D eigenvalue weighted by Crippen LogP contribution is -2.14. The summed E-state index contributed by atoms with van der Waals surface area (Å²) in [6.07, 6.45) is 0. The standard InChI is InChI=1S/C21H22N6O2S/c1-4-29-15-9-10-17-16(11-15)19-20(23-17)24-21(26-25-19)30-12-18(28)22-13-5-7-14(8-6-13)27(2)3/h5-11H,4,12H2,1-3H3,(H,22,28)(H,23,24,26). The Labute approximate surface area is 178 Å². The van der Waals surface area contributed by atoms with Crippen LogP contribution in [0.4, 0.5) is 11.4 Å². The summed E-state index contributed by atoms with van der Waals surface area (Å²) in [7, 11) is 3.94. The van der Waals surface area contributed by atoms with Gasteiger partial charge in [0.1, 0.15) is 11.3 Å². The minimum Gasteiger partial charge on any atom is -0.494 e. The molecule has 0 bridgehead atoms. The van der Waals surface area contributed by atoms with E-state index in [1.54, 1.807) is 0 Å². The van der Waals surface area contributed by atoms with Gasteiger partial charge in [0.25, 0.3) is 0 Å². The second-order valence-electron chi connectivity index (χ2n) is 6.84. The molecule has 4 aromatic rings. The largest absolute Gasteiger partial charge is 0.494 e. The first-order chi connectivity index (χ1) is 14.5. The van der Waals surface area contributed by atoms with Crippen molar-refractivity contribution in [3.8, 4) is 5.75 Å². The van der Waals surface area contributed by atoms with Crippen LogP contribution in [0.2, 0.25) is 0 Å². The third kappa shape index (κ3) is 4.30. The fraction of sp³-hybridized carbons (Fsp3) is 0.238. The number of benzene rings is 2. The molecule has 0 aliphatic heterocycles. The second-order valence-corrected chi connectivity index (χ2v) is 7.78.